The van der Waals surface area contributed by atoms with Gasteiger partial charge in [0, 0.05) is 25.1 Å². The Morgan fingerprint density at radius 1 is 1.45 bits per heavy atom. The smallest absolute Gasteiger partial charge is 0.244 e. The van der Waals surface area contributed by atoms with Crippen LogP contribution in [0.15, 0.2) is 34.3 Å². The molecule has 2 aliphatic rings. The molecule has 1 aromatic carbocycles. The Kier molecular flexibility index (Phi) is 5.44. The summed E-state index contributed by atoms with van der Waals surface area (Å²) in [6, 6.07) is 5.70. The second kappa shape index (κ2) is 8.16. The number of aromatic nitrogens is 1. The van der Waals surface area contributed by atoms with Crippen molar-refractivity contribution in [2.75, 3.05) is 18.5 Å². The number of carbonyl (C=O) groups is 1. The number of hydrogen-bond acceptors (Lipinski definition) is 6. The second-order valence-corrected chi connectivity index (χ2v) is 8.03. The Labute approximate surface area is 172 Å². The molecule has 8 heteroatoms. The van der Waals surface area contributed by atoms with Crippen LogP contribution in [0.3, 0.4) is 0 Å². The van der Waals surface area contributed by atoms with E-state index in [2.05, 4.69) is 20.3 Å². The summed E-state index contributed by atoms with van der Waals surface area (Å²) in [5.74, 6) is 1.39. The lowest BCUT2D eigenvalue weighted by atomic mass is 10.1. The number of aliphatic imine (C=N–C) groups is 1. The van der Waals surface area contributed by atoms with Gasteiger partial charge >= 0.3 is 0 Å². The molecule has 0 bridgehead atoms. The molecule has 29 heavy (non-hydrogen) atoms. The molecule has 2 N–H and O–H groups in total. The van der Waals surface area contributed by atoms with Crippen LogP contribution in [-0.4, -0.2) is 35.0 Å². The van der Waals surface area contributed by atoms with Crippen LogP contribution < -0.4 is 15.9 Å². The molecule has 0 saturated heterocycles. The first kappa shape index (κ1) is 19.3. The summed E-state index contributed by atoms with van der Waals surface area (Å²) in [5.41, 5.74) is 0.819. The number of nitrogens with one attached hydrogen (secondary N) is 1. The summed E-state index contributed by atoms with van der Waals surface area (Å²) < 4.78 is 5.74. The molecule has 1 amide bonds. The summed E-state index contributed by atoms with van der Waals surface area (Å²) >= 11 is 1.43. The minimum atomic E-state index is -0.309. The molecule has 4 rings (SSSR count). The average molecular weight is 410 g/mol. The van der Waals surface area contributed by atoms with Crippen molar-refractivity contribution < 1.29 is 14.6 Å². The lowest BCUT2D eigenvalue weighted by molar-refractivity contribution is -0.115. The van der Waals surface area contributed by atoms with Crippen LogP contribution in [0.5, 0.6) is 5.88 Å². The molecule has 0 radical (unpaired) electrons. The molecule has 2 aromatic rings. The van der Waals surface area contributed by atoms with E-state index in [0.29, 0.717) is 28.4 Å². The minimum Gasteiger partial charge on any atom is -0.493 e. The highest BCUT2D eigenvalue weighted by Gasteiger charge is 2.21. The van der Waals surface area contributed by atoms with Gasteiger partial charge in [-0.1, -0.05) is 17.4 Å². The Balaban J connectivity index is 1.68. The van der Waals surface area contributed by atoms with Crippen molar-refractivity contribution in [1.29, 1.82) is 0 Å². The quantitative estimate of drug-likeness (QED) is 0.763. The molecule has 1 aromatic heterocycles. The van der Waals surface area contributed by atoms with E-state index in [0.717, 1.165) is 28.4 Å². The maximum absolute atomic E-state index is 11.3. The zero-order valence-corrected chi connectivity index (χ0v) is 17.1. The van der Waals surface area contributed by atoms with Crippen LogP contribution in [0, 0.1) is 5.92 Å². The van der Waals surface area contributed by atoms with Gasteiger partial charge in [-0.3, -0.25) is 4.79 Å². The van der Waals surface area contributed by atoms with Gasteiger partial charge in [-0.25, -0.2) is 4.99 Å². The van der Waals surface area contributed by atoms with Crippen molar-refractivity contribution in [3.8, 4) is 5.88 Å². The van der Waals surface area contributed by atoms with Crippen LogP contribution >= 0.6 is 11.3 Å². The van der Waals surface area contributed by atoms with Crippen molar-refractivity contribution in [2.24, 2.45) is 15.9 Å². The number of benzene rings is 1. The number of nitrogens with zero attached hydrogens (tertiary/aromatic N) is 3. The van der Waals surface area contributed by atoms with Crippen LogP contribution in [0.1, 0.15) is 37.1 Å². The van der Waals surface area contributed by atoms with E-state index in [1.54, 1.807) is 6.08 Å². The molecule has 150 valence electrons. The summed E-state index contributed by atoms with van der Waals surface area (Å²) in [4.78, 5) is 24.5. The lowest BCUT2D eigenvalue weighted by Gasteiger charge is -2.13. The van der Waals surface area contributed by atoms with Crippen molar-refractivity contribution in [3.63, 3.8) is 0 Å². The molecule has 7 nitrogen and oxygen atoms in total. The molecular weight excluding hydrogens is 388 g/mol. The van der Waals surface area contributed by atoms with Gasteiger partial charge in [0.25, 0.3) is 0 Å². The number of thiazole rings is 1. The van der Waals surface area contributed by atoms with E-state index in [1.807, 2.05) is 31.2 Å². The Hall–Kier alpha value is -3.00. The van der Waals surface area contributed by atoms with Crippen molar-refractivity contribution in [1.82, 2.24) is 4.98 Å². The molecule has 1 saturated carbocycles. The monoisotopic (exact) mass is 410 g/mol. The van der Waals surface area contributed by atoms with Crippen LogP contribution in [-0.2, 0) is 9.53 Å². The first-order valence-electron chi connectivity index (χ1n) is 9.60. The Bertz CT molecular complexity index is 1130. The number of ether oxygens (including phenoxy) is 1. The molecule has 1 fully saturated rings. The van der Waals surface area contributed by atoms with Gasteiger partial charge in [0.05, 0.1) is 16.8 Å². The highest BCUT2D eigenvalue weighted by atomic mass is 32.1. The van der Waals surface area contributed by atoms with E-state index in [9.17, 15) is 9.90 Å². The topological polar surface area (TPSA) is 96.2 Å². The summed E-state index contributed by atoms with van der Waals surface area (Å²) in [5, 5.41) is 15.8. The maximum atomic E-state index is 11.3. The summed E-state index contributed by atoms with van der Waals surface area (Å²) in [6.07, 6.45) is 6.08. The van der Waals surface area contributed by atoms with Crippen LogP contribution in [0.4, 0.5) is 5.13 Å². The third-order valence-electron chi connectivity index (χ3n) is 4.52. The predicted molar refractivity (Wildman–Crippen MR) is 114 cm³/mol. The predicted octanol–water partition coefficient (Wildman–Crippen LogP) is 2.46. The van der Waals surface area contributed by atoms with Crippen molar-refractivity contribution in [3.05, 3.63) is 45.3 Å². The van der Waals surface area contributed by atoms with E-state index < -0.39 is 0 Å². The van der Waals surface area contributed by atoms with Gasteiger partial charge in [-0.2, -0.15) is 9.98 Å². The fourth-order valence-corrected chi connectivity index (χ4v) is 3.81. The second-order valence-electron chi connectivity index (χ2n) is 6.99. The fraction of sp³-hybridized carbons (Fsp3) is 0.333. The normalized spacial score (nSPS) is 17.5. The summed E-state index contributed by atoms with van der Waals surface area (Å²) in [7, 11) is 0. The van der Waals surface area contributed by atoms with Gasteiger partial charge < -0.3 is 15.2 Å². The zero-order valence-electron chi connectivity index (χ0n) is 16.3. The van der Waals surface area contributed by atoms with Gasteiger partial charge in [0.2, 0.25) is 11.8 Å². The van der Waals surface area contributed by atoms with Gasteiger partial charge in [0.1, 0.15) is 5.76 Å². The van der Waals surface area contributed by atoms with E-state index in [1.165, 1.54) is 31.1 Å². The first-order valence-corrected chi connectivity index (χ1v) is 10.4. The van der Waals surface area contributed by atoms with E-state index in [4.69, 9.17) is 4.74 Å². The third kappa shape index (κ3) is 4.71. The van der Waals surface area contributed by atoms with Crippen LogP contribution in [0.25, 0.3) is 11.8 Å². The largest absolute Gasteiger partial charge is 0.493 e. The van der Waals surface area contributed by atoms with Crippen LogP contribution in [0.2, 0.25) is 0 Å². The molecule has 1 aliphatic carbocycles. The number of fused-ring (bicyclic) bond motifs is 1. The van der Waals surface area contributed by atoms with Gasteiger partial charge in [-0.15, -0.1) is 0 Å². The number of amidine groups is 1. The summed E-state index contributed by atoms with van der Waals surface area (Å²) in [6.45, 7) is 4.67. The molecule has 0 spiro atoms. The molecule has 0 atom stereocenters. The Morgan fingerprint density at radius 3 is 3.00 bits per heavy atom. The third-order valence-corrected chi connectivity index (χ3v) is 5.47. The van der Waals surface area contributed by atoms with Gasteiger partial charge in [0.15, 0.2) is 11.0 Å². The molecule has 1 aliphatic heterocycles. The first-order chi connectivity index (χ1) is 14.0. The number of amides is 1. The Morgan fingerprint density at radius 2 is 2.28 bits per heavy atom. The lowest BCUT2D eigenvalue weighted by Crippen LogP contribution is -2.21. The number of hydrogen-bond donors (Lipinski definition) is 2. The molecular formula is C21H22N4O3S. The van der Waals surface area contributed by atoms with E-state index >= 15 is 0 Å². The van der Waals surface area contributed by atoms with Gasteiger partial charge in [-0.05, 0) is 49.1 Å². The fourth-order valence-electron chi connectivity index (χ4n) is 2.98. The standard InChI is InChI=1S/C21H22N4O3S/c1-3-28-17-10-19(23-12(2)26)24-16-7-6-14(8-15(16)17)9-18-20(27)25-21(29-18)22-11-13-4-5-13/h6-10,13,27H,3-5,11H2,1-2H3,(H,22,25)/b14-9+,23-19?. The number of carbonyl (C=O) groups excluding carboxylic acids is 1. The molecule has 0 unspecified atom stereocenters. The highest BCUT2D eigenvalue weighted by Crippen LogP contribution is 2.32. The molecule has 2 heterocycles. The SMILES string of the molecule is CCOC1=CC(=NC(C)=O)N=c2cc/c(=C\c3sc(NCC4CC4)nc3O)cc21. The number of rotatable bonds is 6. The highest BCUT2D eigenvalue weighted by molar-refractivity contribution is 7.16. The van der Waals surface area contributed by atoms with Crippen molar-refractivity contribution >= 4 is 40.0 Å². The maximum Gasteiger partial charge on any atom is 0.244 e. The minimum absolute atomic E-state index is 0.0205. The van der Waals surface area contributed by atoms with Crippen molar-refractivity contribution in [2.45, 2.75) is 26.7 Å². The van der Waals surface area contributed by atoms with E-state index in [-0.39, 0.29) is 11.8 Å². The number of aromatic hydroxyl groups is 1. The number of anilines is 1. The average Bonchev–Trinajstić information content (AvgIpc) is 3.44. The zero-order chi connectivity index (χ0) is 20.4.